The third-order valence-electron chi connectivity index (χ3n) is 5.58. The maximum absolute atomic E-state index is 12.4. The second kappa shape index (κ2) is 9.11. The van der Waals surface area contributed by atoms with Gasteiger partial charge in [0.15, 0.2) is 5.76 Å². The summed E-state index contributed by atoms with van der Waals surface area (Å²) in [6.45, 7) is 1.72. The molecular weight excluding hydrogens is 416 g/mol. The lowest BCUT2D eigenvalue weighted by Crippen LogP contribution is -2.41. The Morgan fingerprint density at radius 2 is 1.84 bits per heavy atom. The molecule has 1 aliphatic rings. The van der Waals surface area contributed by atoms with Crippen LogP contribution in [0.3, 0.4) is 0 Å². The van der Waals surface area contributed by atoms with Gasteiger partial charge in [-0.05, 0) is 53.8 Å². The lowest BCUT2D eigenvalue weighted by molar-refractivity contribution is 0.0909. The van der Waals surface area contributed by atoms with Crippen LogP contribution in [0.4, 0.5) is 0 Å². The number of amides is 1. The summed E-state index contributed by atoms with van der Waals surface area (Å²) in [5, 5.41) is 5.13. The van der Waals surface area contributed by atoms with Crippen molar-refractivity contribution in [1.29, 1.82) is 0 Å². The number of carbonyl (C=O) groups excluding carboxylic acids is 1. The second-order valence-corrected chi connectivity index (χ2v) is 9.86. The van der Waals surface area contributed by atoms with Crippen LogP contribution in [0.1, 0.15) is 29.2 Å². The van der Waals surface area contributed by atoms with Crippen molar-refractivity contribution in [2.45, 2.75) is 19.4 Å². The normalized spacial score (nSPS) is 15.8. The van der Waals surface area contributed by atoms with Crippen molar-refractivity contribution < 1.29 is 22.4 Å². The van der Waals surface area contributed by atoms with Gasteiger partial charge in [-0.3, -0.25) is 4.79 Å². The summed E-state index contributed by atoms with van der Waals surface area (Å²) in [7, 11) is -3.14. The van der Waals surface area contributed by atoms with Crippen molar-refractivity contribution in [3.8, 4) is 5.75 Å². The molecule has 1 saturated heterocycles. The fourth-order valence-electron chi connectivity index (χ4n) is 3.76. The van der Waals surface area contributed by atoms with Gasteiger partial charge in [0.2, 0.25) is 10.0 Å². The van der Waals surface area contributed by atoms with Crippen LogP contribution in [0.2, 0.25) is 0 Å². The molecule has 1 aliphatic heterocycles. The quantitative estimate of drug-likeness (QED) is 0.606. The van der Waals surface area contributed by atoms with Crippen LogP contribution in [0.5, 0.6) is 5.75 Å². The molecule has 0 atom stereocenters. The topological polar surface area (TPSA) is 88.9 Å². The monoisotopic (exact) mass is 442 g/mol. The zero-order valence-electron chi connectivity index (χ0n) is 17.4. The molecule has 8 heteroatoms. The summed E-state index contributed by atoms with van der Waals surface area (Å²) >= 11 is 0. The fraction of sp³-hybridized carbons (Fsp3) is 0.348. The van der Waals surface area contributed by atoms with Crippen LogP contribution in [0.25, 0.3) is 10.8 Å². The molecule has 3 aromatic rings. The largest absolute Gasteiger partial charge is 0.486 e. The minimum Gasteiger partial charge on any atom is -0.486 e. The number of hydrogen-bond acceptors (Lipinski definition) is 5. The van der Waals surface area contributed by atoms with Gasteiger partial charge in [-0.1, -0.05) is 30.3 Å². The number of hydrogen-bond donors (Lipinski definition) is 1. The molecule has 0 aliphatic carbocycles. The van der Waals surface area contributed by atoms with Crippen LogP contribution in [-0.4, -0.2) is 44.5 Å². The molecule has 1 amide bonds. The summed E-state index contributed by atoms with van der Waals surface area (Å²) in [5.41, 5.74) is 0. The number of ether oxygens (including phenoxy) is 1. The van der Waals surface area contributed by atoms with Crippen LogP contribution in [0.15, 0.2) is 59.0 Å². The molecule has 31 heavy (non-hydrogen) atoms. The molecule has 2 aromatic carbocycles. The SMILES string of the molecule is CS(=O)(=O)N1CCC(CNC(=O)c2ccc(COc3ccc4ccccc4c3)o2)CC1. The number of furan rings is 1. The molecule has 1 N–H and O–H groups in total. The van der Waals surface area contributed by atoms with E-state index in [1.807, 2.05) is 42.5 Å². The molecule has 4 rings (SSSR count). The lowest BCUT2D eigenvalue weighted by atomic mass is 9.98. The first kappa shape index (κ1) is 21.4. The first-order valence-corrected chi connectivity index (χ1v) is 12.2. The van der Waals surface area contributed by atoms with Crippen molar-refractivity contribution in [3.05, 3.63) is 66.1 Å². The van der Waals surface area contributed by atoms with E-state index < -0.39 is 10.0 Å². The standard InChI is InChI=1S/C23H26N2O5S/c1-31(27,28)25-12-10-17(11-13-25)15-24-23(26)22-9-8-21(30-22)16-29-20-7-6-18-4-2-3-5-19(18)14-20/h2-9,14,17H,10-13,15-16H2,1H3,(H,24,26). The molecule has 1 fully saturated rings. The Morgan fingerprint density at radius 1 is 1.10 bits per heavy atom. The van der Waals surface area contributed by atoms with E-state index in [9.17, 15) is 13.2 Å². The molecule has 7 nitrogen and oxygen atoms in total. The van der Waals surface area contributed by atoms with Crippen LogP contribution in [-0.2, 0) is 16.6 Å². The first-order chi connectivity index (χ1) is 14.9. The average Bonchev–Trinajstić information content (AvgIpc) is 3.25. The molecule has 0 radical (unpaired) electrons. The van der Waals surface area contributed by atoms with Gasteiger partial charge in [0.1, 0.15) is 18.1 Å². The zero-order chi connectivity index (χ0) is 21.8. The number of carbonyl (C=O) groups is 1. The van der Waals surface area contributed by atoms with E-state index in [-0.39, 0.29) is 24.2 Å². The lowest BCUT2D eigenvalue weighted by Gasteiger charge is -2.30. The van der Waals surface area contributed by atoms with Gasteiger partial charge in [-0.15, -0.1) is 0 Å². The smallest absolute Gasteiger partial charge is 0.287 e. The van der Waals surface area contributed by atoms with Gasteiger partial charge in [0, 0.05) is 19.6 Å². The van der Waals surface area contributed by atoms with Crippen LogP contribution < -0.4 is 10.1 Å². The van der Waals surface area contributed by atoms with Crippen molar-refractivity contribution in [2.24, 2.45) is 5.92 Å². The Morgan fingerprint density at radius 3 is 2.58 bits per heavy atom. The third kappa shape index (κ3) is 5.45. The molecule has 0 unspecified atom stereocenters. The zero-order valence-corrected chi connectivity index (χ0v) is 18.2. The van der Waals surface area contributed by atoms with Gasteiger partial charge >= 0.3 is 0 Å². The maximum atomic E-state index is 12.4. The van der Waals surface area contributed by atoms with Gasteiger partial charge in [-0.25, -0.2) is 12.7 Å². The number of piperidine rings is 1. The van der Waals surface area contributed by atoms with E-state index in [1.54, 1.807) is 12.1 Å². The third-order valence-corrected chi connectivity index (χ3v) is 6.88. The number of fused-ring (bicyclic) bond motifs is 1. The second-order valence-electron chi connectivity index (χ2n) is 7.88. The Hall–Kier alpha value is -2.84. The first-order valence-electron chi connectivity index (χ1n) is 10.3. The molecule has 0 bridgehead atoms. The van der Waals surface area contributed by atoms with Crippen molar-refractivity contribution in [2.75, 3.05) is 25.9 Å². The van der Waals surface area contributed by atoms with Gasteiger partial charge < -0.3 is 14.5 Å². The van der Waals surface area contributed by atoms with Crippen molar-refractivity contribution >= 4 is 26.7 Å². The van der Waals surface area contributed by atoms with Crippen molar-refractivity contribution in [3.63, 3.8) is 0 Å². The number of nitrogens with one attached hydrogen (secondary N) is 1. The molecule has 2 heterocycles. The molecular formula is C23H26N2O5S. The van der Waals surface area contributed by atoms with E-state index in [2.05, 4.69) is 5.32 Å². The van der Waals surface area contributed by atoms with Gasteiger partial charge in [0.25, 0.3) is 5.91 Å². The number of nitrogens with zero attached hydrogens (tertiary/aromatic N) is 1. The molecule has 0 saturated carbocycles. The minimum absolute atomic E-state index is 0.232. The summed E-state index contributed by atoms with van der Waals surface area (Å²) in [6, 6.07) is 17.3. The Labute approximate surface area is 182 Å². The highest BCUT2D eigenvalue weighted by Gasteiger charge is 2.25. The van der Waals surface area contributed by atoms with Crippen LogP contribution in [0, 0.1) is 5.92 Å². The maximum Gasteiger partial charge on any atom is 0.287 e. The van der Waals surface area contributed by atoms with Gasteiger partial charge in [-0.2, -0.15) is 0 Å². The van der Waals surface area contributed by atoms with E-state index in [0.29, 0.717) is 25.4 Å². The molecule has 164 valence electrons. The van der Waals surface area contributed by atoms with E-state index in [1.165, 1.54) is 10.6 Å². The highest BCUT2D eigenvalue weighted by molar-refractivity contribution is 7.88. The highest BCUT2D eigenvalue weighted by atomic mass is 32.2. The number of rotatable bonds is 7. The summed E-state index contributed by atoms with van der Waals surface area (Å²) in [5.74, 6) is 1.53. The molecule has 0 spiro atoms. The predicted octanol–water partition coefficient (Wildman–Crippen LogP) is 3.41. The summed E-state index contributed by atoms with van der Waals surface area (Å²) < 4.78 is 36.1. The average molecular weight is 443 g/mol. The Bertz CT molecular complexity index is 1160. The summed E-state index contributed by atoms with van der Waals surface area (Å²) in [4.78, 5) is 12.4. The minimum atomic E-state index is -3.14. The van der Waals surface area contributed by atoms with Crippen LogP contribution >= 0.6 is 0 Å². The van der Waals surface area contributed by atoms with Crippen molar-refractivity contribution in [1.82, 2.24) is 9.62 Å². The summed E-state index contributed by atoms with van der Waals surface area (Å²) in [6.07, 6.45) is 2.69. The number of benzene rings is 2. The predicted molar refractivity (Wildman–Crippen MR) is 118 cm³/mol. The molecule has 1 aromatic heterocycles. The number of sulfonamides is 1. The highest BCUT2D eigenvalue weighted by Crippen LogP contribution is 2.22. The van der Waals surface area contributed by atoms with E-state index in [4.69, 9.17) is 9.15 Å². The fourth-order valence-corrected chi connectivity index (χ4v) is 4.63. The Balaban J connectivity index is 1.26. The Kier molecular flexibility index (Phi) is 6.29. The van der Waals surface area contributed by atoms with E-state index in [0.717, 1.165) is 29.4 Å². The van der Waals surface area contributed by atoms with Gasteiger partial charge in [0.05, 0.1) is 6.26 Å². The van der Waals surface area contributed by atoms with E-state index >= 15 is 0 Å².